The Bertz CT molecular complexity index is 2090. The molecular formula is C50H50F4N2O2Ti. The van der Waals surface area contributed by atoms with Crippen LogP contribution in [0.15, 0.2) is 134 Å². The van der Waals surface area contributed by atoms with Crippen molar-refractivity contribution in [2.24, 2.45) is 11.8 Å². The van der Waals surface area contributed by atoms with Crippen molar-refractivity contribution in [2.45, 2.75) is 72.7 Å². The van der Waals surface area contributed by atoms with Crippen molar-refractivity contribution in [1.82, 2.24) is 0 Å². The standard InChI is InChI=1S/2C20H20F2NO.2C5H5.Ti/c2*21-17-11-12-19(18(22)13-17)23(14-15-7-3-1-4-8-15)20(24)16-9-5-2-6-10-16;2*1-2-4-5-3-1;/h2*2,5-6,9-12,15H,1,3-4,7-8,14H2;2*1-5H;. The molecular weight excluding hydrogens is 784 g/mol. The number of carbonyl (C=O) groups excluding carboxylic acids is 2. The predicted octanol–water partition coefficient (Wildman–Crippen LogP) is 11.6. The third-order valence-corrected chi connectivity index (χ3v) is 21.5. The second-order valence-corrected chi connectivity index (χ2v) is 22.9. The normalized spacial score (nSPS) is 17.6. The van der Waals surface area contributed by atoms with Gasteiger partial charge in [0.25, 0.3) is 0 Å². The summed E-state index contributed by atoms with van der Waals surface area (Å²) in [7, 11) is 0. The number of halogens is 4. The summed E-state index contributed by atoms with van der Waals surface area (Å²) in [6.07, 6.45) is 23.8. The van der Waals surface area contributed by atoms with Gasteiger partial charge in [-0.15, -0.1) is 0 Å². The molecule has 0 bridgehead atoms. The van der Waals surface area contributed by atoms with Crippen LogP contribution >= 0.6 is 0 Å². The molecule has 2 amide bonds. The number of allylic oxidation sites excluding steroid dienone is 8. The molecule has 0 heterocycles. The number of benzene rings is 4. The molecule has 59 heavy (non-hydrogen) atoms. The Morgan fingerprint density at radius 3 is 1.20 bits per heavy atom. The fourth-order valence-electron chi connectivity index (χ4n) is 10.1. The van der Waals surface area contributed by atoms with Crippen LogP contribution in [0.5, 0.6) is 0 Å². The van der Waals surface area contributed by atoms with Gasteiger partial charge in [0.2, 0.25) is 0 Å². The van der Waals surface area contributed by atoms with E-state index in [2.05, 4.69) is 0 Å². The van der Waals surface area contributed by atoms with E-state index in [1.807, 2.05) is 0 Å². The molecule has 304 valence electrons. The van der Waals surface area contributed by atoms with E-state index in [-0.39, 0.29) is 44.0 Å². The molecule has 0 spiro atoms. The Morgan fingerprint density at radius 2 is 0.847 bits per heavy atom. The SMILES string of the molecule is O=C(c1ccccc1)N(CC1CCCCC1)c1ccc(F)[c]([Ti]([c]2c(F)ccc(N(CC3CCCCC3)C(=O)c3ccccc3)c2F)([CH]2C=CC=C2)[CH]2C=CC=C2)c1F. The van der Waals surface area contributed by atoms with Crippen molar-refractivity contribution in [3.8, 4) is 0 Å². The van der Waals surface area contributed by atoms with E-state index in [0.717, 1.165) is 64.2 Å². The molecule has 8 rings (SSSR count). The van der Waals surface area contributed by atoms with Crippen LogP contribution in [0.25, 0.3) is 0 Å². The van der Waals surface area contributed by atoms with E-state index in [4.69, 9.17) is 0 Å². The monoisotopic (exact) mass is 834 g/mol. The van der Waals surface area contributed by atoms with Gasteiger partial charge >= 0.3 is 350 Å². The van der Waals surface area contributed by atoms with Crippen LogP contribution in [-0.4, -0.2) is 24.9 Å². The number of anilines is 2. The fraction of sp³-hybridized carbons (Fsp3) is 0.320. The van der Waals surface area contributed by atoms with Crippen LogP contribution < -0.4 is 17.5 Å². The van der Waals surface area contributed by atoms with Gasteiger partial charge in [0.1, 0.15) is 0 Å². The number of nitrogens with zero attached hydrogens (tertiary/aromatic N) is 2. The molecule has 4 nitrogen and oxygen atoms in total. The summed E-state index contributed by atoms with van der Waals surface area (Å²) in [5.41, 5.74) is 0.497. The van der Waals surface area contributed by atoms with E-state index in [0.29, 0.717) is 11.1 Å². The predicted molar refractivity (Wildman–Crippen MR) is 225 cm³/mol. The fourth-order valence-corrected chi connectivity index (χ4v) is 18.8. The number of amides is 2. The van der Waals surface area contributed by atoms with Gasteiger partial charge in [0.15, 0.2) is 0 Å². The van der Waals surface area contributed by atoms with Crippen molar-refractivity contribution in [2.75, 3.05) is 22.9 Å². The summed E-state index contributed by atoms with van der Waals surface area (Å²) >= 11 is -5.31. The zero-order valence-electron chi connectivity index (χ0n) is 33.2. The molecule has 0 atom stereocenters. The first-order valence-corrected chi connectivity index (χ1v) is 24.6. The molecule has 0 N–H and O–H groups in total. The van der Waals surface area contributed by atoms with E-state index >= 15 is 17.6 Å². The van der Waals surface area contributed by atoms with E-state index in [1.54, 1.807) is 109 Å². The minimum atomic E-state index is -5.31. The molecule has 9 heteroatoms. The van der Waals surface area contributed by atoms with Crippen LogP contribution in [0.2, 0.25) is 8.45 Å². The zero-order valence-corrected chi connectivity index (χ0v) is 34.8. The van der Waals surface area contributed by atoms with Crippen LogP contribution in [-0.2, 0) is 16.6 Å². The van der Waals surface area contributed by atoms with E-state index in [1.165, 1.54) is 34.1 Å². The van der Waals surface area contributed by atoms with Crippen LogP contribution in [0, 0.1) is 35.1 Å². The van der Waals surface area contributed by atoms with Crippen molar-refractivity contribution in [3.63, 3.8) is 0 Å². The molecule has 4 aliphatic carbocycles. The Balaban J connectivity index is 1.36. The van der Waals surface area contributed by atoms with Crippen molar-refractivity contribution in [3.05, 3.63) is 168 Å². The Labute approximate surface area is 348 Å². The van der Waals surface area contributed by atoms with Crippen LogP contribution in [0.3, 0.4) is 0 Å². The maximum absolute atomic E-state index is 18.3. The second kappa shape index (κ2) is 18.2. The molecule has 4 aromatic rings. The molecule has 0 saturated heterocycles. The van der Waals surface area contributed by atoms with Gasteiger partial charge in [-0.3, -0.25) is 0 Å². The quantitative estimate of drug-likeness (QED) is 0.105. The Morgan fingerprint density at radius 1 is 0.492 bits per heavy atom. The van der Waals surface area contributed by atoms with Crippen LogP contribution in [0.1, 0.15) is 84.9 Å². The topological polar surface area (TPSA) is 40.6 Å². The number of hydrogen-bond acceptors (Lipinski definition) is 2. The third-order valence-electron chi connectivity index (χ3n) is 13.0. The van der Waals surface area contributed by atoms with E-state index < -0.39 is 60.1 Å². The molecule has 2 saturated carbocycles. The Kier molecular flexibility index (Phi) is 12.7. The van der Waals surface area contributed by atoms with Gasteiger partial charge in [-0.05, 0) is 0 Å². The maximum atomic E-state index is 18.3. The molecule has 4 aromatic carbocycles. The zero-order chi connectivity index (χ0) is 40.9. The molecule has 0 unspecified atom stereocenters. The summed E-state index contributed by atoms with van der Waals surface area (Å²) in [6, 6.07) is 22.2. The first-order chi connectivity index (χ1) is 28.8. The summed E-state index contributed by atoms with van der Waals surface area (Å²) < 4.78 is 68.8. The first-order valence-electron chi connectivity index (χ1n) is 21.2. The second-order valence-electron chi connectivity index (χ2n) is 16.5. The average Bonchev–Trinajstić information content (AvgIpc) is 4.03. The van der Waals surface area contributed by atoms with Gasteiger partial charge in [-0.2, -0.15) is 0 Å². The number of carbonyl (C=O) groups is 2. The van der Waals surface area contributed by atoms with Gasteiger partial charge in [-0.25, -0.2) is 0 Å². The molecule has 0 radical (unpaired) electrons. The van der Waals surface area contributed by atoms with Gasteiger partial charge in [0.05, 0.1) is 0 Å². The Hall–Kier alpha value is -4.79. The summed E-state index contributed by atoms with van der Waals surface area (Å²) in [5.74, 6) is -4.44. The van der Waals surface area contributed by atoms with Crippen molar-refractivity contribution in [1.29, 1.82) is 0 Å². The third kappa shape index (κ3) is 8.11. The molecule has 4 aliphatic rings. The summed E-state index contributed by atoms with van der Waals surface area (Å²) in [5, 5.41) is 0. The molecule has 0 aromatic heterocycles. The number of rotatable bonds is 12. The van der Waals surface area contributed by atoms with Crippen molar-refractivity contribution < 1.29 is 43.7 Å². The average molecular weight is 835 g/mol. The van der Waals surface area contributed by atoms with Crippen molar-refractivity contribution >= 4 is 30.9 Å². The van der Waals surface area contributed by atoms with Gasteiger partial charge < -0.3 is 0 Å². The van der Waals surface area contributed by atoms with E-state index in [9.17, 15) is 9.59 Å². The van der Waals surface area contributed by atoms with Gasteiger partial charge in [-0.1, -0.05) is 0 Å². The first kappa shape index (κ1) is 41.0. The molecule has 0 aliphatic heterocycles. The summed E-state index contributed by atoms with van der Waals surface area (Å²) in [6.45, 7) is 0.441. The molecule has 2 fully saturated rings. The van der Waals surface area contributed by atoms with Gasteiger partial charge in [0, 0.05) is 0 Å². The number of hydrogen-bond donors (Lipinski definition) is 0. The summed E-state index contributed by atoms with van der Waals surface area (Å²) in [4.78, 5) is 31.7. The van der Waals surface area contributed by atoms with Crippen LogP contribution in [0.4, 0.5) is 28.9 Å². The minimum absolute atomic E-state index is 0.0980.